The summed E-state index contributed by atoms with van der Waals surface area (Å²) in [5.74, 6) is -0.351. The number of hydrogen-bond donors (Lipinski definition) is 1. The maximum absolute atomic E-state index is 12.0. The summed E-state index contributed by atoms with van der Waals surface area (Å²) in [5, 5.41) is 0. The van der Waals surface area contributed by atoms with Gasteiger partial charge in [-0.1, -0.05) is 36.4 Å². The van der Waals surface area contributed by atoms with Crippen LogP contribution in [0, 0.1) is 0 Å². The topological polar surface area (TPSA) is 38.3 Å². The van der Waals surface area contributed by atoms with Crippen LogP contribution in [0.3, 0.4) is 0 Å². The molecule has 0 spiro atoms. The molecular formula is C15H14FNO2. The minimum atomic E-state index is -0.351. The highest BCUT2D eigenvalue weighted by atomic mass is 19.2. The number of carbonyl (C=O) groups excluding carboxylic acids is 1. The Bertz CT molecular complexity index is 549. The van der Waals surface area contributed by atoms with Crippen LogP contribution in [-0.2, 0) is 11.3 Å². The van der Waals surface area contributed by atoms with Crippen molar-refractivity contribution in [2.75, 3.05) is 7.11 Å². The molecule has 1 N–H and O–H groups in total. The Morgan fingerprint density at radius 3 is 2.05 bits per heavy atom. The Morgan fingerprint density at radius 1 is 1.05 bits per heavy atom. The summed E-state index contributed by atoms with van der Waals surface area (Å²) in [5.41, 5.74) is 5.01. The summed E-state index contributed by atoms with van der Waals surface area (Å²) in [7, 11) is 1.36. The molecule has 98 valence electrons. The van der Waals surface area contributed by atoms with Gasteiger partial charge < -0.3 is 4.74 Å². The van der Waals surface area contributed by atoms with Crippen molar-refractivity contribution in [1.29, 1.82) is 0 Å². The second-order valence-corrected chi connectivity index (χ2v) is 4.08. The fourth-order valence-electron chi connectivity index (χ4n) is 1.81. The lowest BCUT2D eigenvalue weighted by molar-refractivity contribution is 0.0601. The minimum absolute atomic E-state index is 0.196. The van der Waals surface area contributed by atoms with E-state index >= 15 is 0 Å². The number of hydrogen-bond acceptors (Lipinski definition) is 3. The number of halogens is 1. The van der Waals surface area contributed by atoms with E-state index < -0.39 is 0 Å². The first-order chi connectivity index (χ1) is 9.24. The SMILES string of the molecule is COC(=O)c1ccc(-c2ccc(CNF)cc2)cc1. The van der Waals surface area contributed by atoms with E-state index in [1.807, 2.05) is 36.4 Å². The molecule has 0 atom stereocenters. The third kappa shape index (κ3) is 3.17. The molecule has 0 aliphatic heterocycles. The molecule has 0 bridgehead atoms. The van der Waals surface area contributed by atoms with Gasteiger partial charge >= 0.3 is 5.97 Å². The standard InChI is InChI=1S/C15H14FNO2/c1-19-15(18)14-8-6-13(7-9-14)12-4-2-11(3-5-12)10-17-16/h2-9,17H,10H2,1H3. The quantitative estimate of drug-likeness (QED) is 0.677. The van der Waals surface area contributed by atoms with E-state index in [1.165, 1.54) is 7.11 Å². The average molecular weight is 259 g/mol. The lowest BCUT2D eigenvalue weighted by Crippen LogP contribution is -2.00. The minimum Gasteiger partial charge on any atom is -0.465 e. The van der Waals surface area contributed by atoms with Crippen LogP contribution in [0.1, 0.15) is 15.9 Å². The molecule has 2 rings (SSSR count). The number of nitrogens with one attached hydrogen (secondary N) is 1. The molecule has 2 aromatic rings. The van der Waals surface area contributed by atoms with Crippen molar-refractivity contribution in [2.24, 2.45) is 0 Å². The Hall–Kier alpha value is -2.20. The Morgan fingerprint density at radius 2 is 1.58 bits per heavy atom. The highest BCUT2D eigenvalue weighted by Gasteiger charge is 2.05. The molecule has 0 fully saturated rings. The molecule has 0 saturated heterocycles. The maximum Gasteiger partial charge on any atom is 0.337 e. The lowest BCUT2D eigenvalue weighted by Gasteiger charge is -2.05. The molecule has 0 aliphatic carbocycles. The molecule has 19 heavy (non-hydrogen) atoms. The molecule has 0 radical (unpaired) electrons. The second kappa shape index (κ2) is 6.11. The monoisotopic (exact) mass is 259 g/mol. The summed E-state index contributed by atoms with van der Waals surface area (Å²) in [6.45, 7) is 0.196. The van der Waals surface area contributed by atoms with Crippen molar-refractivity contribution in [1.82, 2.24) is 5.54 Å². The Kier molecular flexibility index (Phi) is 4.26. The van der Waals surface area contributed by atoms with E-state index in [9.17, 15) is 9.28 Å². The van der Waals surface area contributed by atoms with E-state index in [1.54, 1.807) is 17.7 Å². The normalized spacial score (nSPS) is 10.2. The maximum atomic E-state index is 12.0. The number of rotatable bonds is 4. The van der Waals surface area contributed by atoms with Crippen LogP contribution < -0.4 is 5.54 Å². The molecule has 0 aromatic heterocycles. The zero-order valence-electron chi connectivity index (χ0n) is 10.5. The van der Waals surface area contributed by atoms with Gasteiger partial charge in [0.1, 0.15) is 0 Å². The summed E-state index contributed by atoms with van der Waals surface area (Å²) < 4.78 is 16.6. The van der Waals surface area contributed by atoms with Gasteiger partial charge in [0.15, 0.2) is 0 Å². The molecular weight excluding hydrogens is 245 g/mol. The smallest absolute Gasteiger partial charge is 0.337 e. The van der Waals surface area contributed by atoms with Crippen LogP contribution in [0.4, 0.5) is 4.48 Å². The third-order valence-electron chi connectivity index (χ3n) is 2.86. The van der Waals surface area contributed by atoms with Gasteiger partial charge in [0.05, 0.1) is 19.2 Å². The van der Waals surface area contributed by atoms with Gasteiger partial charge in [-0.3, -0.25) is 0 Å². The average Bonchev–Trinajstić information content (AvgIpc) is 2.48. The van der Waals surface area contributed by atoms with E-state index in [4.69, 9.17) is 0 Å². The van der Waals surface area contributed by atoms with Crippen LogP contribution in [0.15, 0.2) is 48.5 Å². The van der Waals surface area contributed by atoms with E-state index in [0.717, 1.165) is 16.7 Å². The van der Waals surface area contributed by atoms with Crippen molar-refractivity contribution < 1.29 is 14.0 Å². The molecule has 0 heterocycles. The zero-order chi connectivity index (χ0) is 13.7. The van der Waals surface area contributed by atoms with Crippen molar-refractivity contribution in [3.05, 3.63) is 59.7 Å². The van der Waals surface area contributed by atoms with Crippen molar-refractivity contribution in [2.45, 2.75) is 6.54 Å². The van der Waals surface area contributed by atoms with Gasteiger partial charge in [-0.25, -0.2) is 4.79 Å². The Balaban J connectivity index is 2.19. The number of carbonyl (C=O) groups is 1. The highest BCUT2D eigenvalue weighted by molar-refractivity contribution is 5.89. The number of methoxy groups -OCH3 is 1. The largest absolute Gasteiger partial charge is 0.465 e. The molecule has 0 unspecified atom stereocenters. The summed E-state index contributed by atoms with van der Waals surface area (Å²) in [4.78, 5) is 11.3. The van der Waals surface area contributed by atoms with Crippen LogP contribution in [0.25, 0.3) is 11.1 Å². The highest BCUT2D eigenvalue weighted by Crippen LogP contribution is 2.20. The molecule has 0 saturated carbocycles. The summed E-state index contributed by atoms with van der Waals surface area (Å²) in [6.07, 6.45) is 0. The third-order valence-corrected chi connectivity index (χ3v) is 2.86. The predicted molar refractivity (Wildman–Crippen MR) is 71.2 cm³/mol. The Labute approximate surface area is 111 Å². The predicted octanol–water partition coefficient (Wildman–Crippen LogP) is 3.11. The van der Waals surface area contributed by atoms with Crippen LogP contribution in [-0.4, -0.2) is 13.1 Å². The lowest BCUT2D eigenvalue weighted by atomic mass is 10.0. The fourth-order valence-corrected chi connectivity index (χ4v) is 1.81. The fraction of sp³-hybridized carbons (Fsp3) is 0.133. The second-order valence-electron chi connectivity index (χ2n) is 4.08. The van der Waals surface area contributed by atoms with Gasteiger partial charge in [0.2, 0.25) is 0 Å². The van der Waals surface area contributed by atoms with Gasteiger partial charge in [0.25, 0.3) is 0 Å². The molecule has 0 aliphatic rings. The molecule has 4 heteroatoms. The van der Waals surface area contributed by atoms with E-state index in [0.29, 0.717) is 5.56 Å². The van der Waals surface area contributed by atoms with Crippen LogP contribution in [0.5, 0.6) is 0 Å². The number of ether oxygens (including phenoxy) is 1. The van der Waals surface area contributed by atoms with Gasteiger partial charge in [0, 0.05) is 0 Å². The first-order valence-electron chi connectivity index (χ1n) is 5.86. The molecule has 3 nitrogen and oxygen atoms in total. The van der Waals surface area contributed by atoms with Crippen LogP contribution in [0.2, 0.25) is 0 Å². The van der Waals surface area contributed by atoms with Crippen LogP contribution >= 0.6 is 0 Å². The number of benzene rings is 2. The van der Waals surface area contributed by atoms with Crippen molar-refractivity contribution >= 4 is 5.97 Å². The first kappa shape index (κ1) is 13.2. The zero-order valence-corrected chi connectivity index (χ0v) is 10.5. The number of esters is 1. The van der Waals surface area contributed by atoms with Gasteiger partial charge in [-0.05, 0) is 28.8 Å². The first-order valence-corrected chi connectivity index (χ1v) is 5.86. The molecule has 2 aromatic carbocycles. The summed E-state index contributed by atoms with van der Waals surface area (Å²) >= 11 is 0. The summed E-state index contributed by atoms with van der Waals surface area (Å²) in [6, 6.07) is 14.7. The van der Waals surface area contributed by atoms with Crippen molar-refractivity contribution in [3.63, 3.8) is 0 Å². The van der Waals surface area contributed by atoms with E-state index in [2.05, 4.69) is 4.74 Å². The van der Waals surface area contributed by atoms with E-state index in [-0.39, 0.29) is 12.5 Å². The van der Waals surface area contributed by atoms with Gasteiger partial charge in [-0.15, -0.1) is 4.48 Å². The molecule has 0 amide bonds. The van der Waals surface area contributed by atoms with Crippen molar-refractivity contribution in [3.8, 4) is 11.1 Å². The van der Waals surface area contributed by atoms with Gasteiger partial charge in [-0.2, -0.15) is 5.54 Å².